The average molecular weight is 275 g/mol. The fourth-order valence-electron chi connectivity index (χ4n) is 4.18. The van der Waals surface area contributed by atoms with Gasteiger partial charge in [0.05, 0.1) is 0 Å². The van der Waals surface area contributed by atoms with E-state index in [9.17, 15) is 4.39 Å². The van der Waals surface area contributed by atoms with Crippen LogP contribution in [0.4, 0.5) is 4.39 Å². The van der Waals surface area contributed by atoms with Crippen LogP contribution in [-0.2, 0) is 0 Å². The van der Waals surface area contributed by atoms with E-state index in [1.165, 1.54) is 31.2 Å². The van der Waals surface area contributed by atoms with Gasteiger partial charge in [-0.25, -0.2) is 4.39 Å². The standard InChI is InChI=1S/C18H26FN/c1-3-10-20-18(13-8-9-16(19)12(2)11-13)17-14-6-4-5-7-15(14)17/h8-9,11,14-15,17-18,20H,3-7,10H2,1-2H3. The van der Waals surface area contributed by atoms with Gasteiger partial charge in [0.25, 0.3) is 0 Å². The zero-order valence-corrected chi connectivity index (χ0v) is 12.7. The Bertz CT molecular complexity index is 458. The third kappa shape index (κ3) is 2.63. The molecule has 2 heteroatoms. The Morgan fingerprint density at radius 3 is 2.55 bits per heavy atom. The molecule has 2 aliphatic carbocycles. The topological polar surface area (TPSA) is 12.0 Å². The molecule has 0 saturated heterocycles. The van der Waals surface area contributed by atoms with Crippen molar-refractivity contribution in [3.63, 3.8) is 0 Å². The van der Waals surface area contributed by atoms with Crippen LogP contribution >= 0.6 is 0 Å². The maximum atomic E-state index is 13.5. The second-order valence-corrected chi connectivity index (χ2v) is 6.63. The predicted octanol–water partition coefficient (Wildman–Crippen LogP) is 4.61. The molecule has 3 atom stereocenters. The minimum absolute atomic E-state index is 0.0868. The molecule has 1 aromatic rings. The van der Waals surface area contributed by atoms with Crippen LogP contribution in [0.1, 0.15) is 56.2 Å². The maximum absolute atomic E-state index is 13.5. The van der Waals surface area contributed by atoms with Gasteiger partial charge in [0, 0.05) is 6.04 Å². The molecule has 1 aromatic carbocycles. The van der Waals surface area contributed by atoms with Crippen molar-refractivity contribution in [2.45, 2.75) is 52.0 Å². The van der Waals surface area contributed by atoms with Crippen LogP contribution < -0.4 is 5.32 Å². The van der Waals surface area contributed by atoms with E-state index in [2.05, 4.69) is 12.2 Å². The quantitative estimate of drug-likeness (QED) is 0.827. The number of benzene rings is 1. The van der Waals surface area contributed by atoms with E-state index in [0.29, 0.717) is 6.04 Å². The van der Waals surface area contributed by atoms with E-state index in [-0.39, 0.29) is 5.82 Å². The van der Waals surface area contributed by atoms with Crippen molar-refractivity contribution in [2.75, 3.05) is 6.54 Å². The van der Waals surface area contributed by atoms with E-state index in [0.717, 1.165) is 36.3 Å². The van der Waals surface area contributed by atoms with Gasteiger partial charge in [0.2, 0.25) is 0 Å². The molecule has 2 aliphatic rings. The van der Waals surface area contributed by atoms with Crippen molar-refractivity contribution in [1.82, 2.24) is 5.32 Å². The summed E-state index contributed by atoms with van der Waals surface area (Å²) in [5.41, 5.74) is 2.06. The Morgan fingerprint density at radius 2 is 1.95 bits per heavy atom. The molecule has 3 unspecified atom stereocenters. The number of hydrogen-bond donors (Lipinski definition) is 1. The Hall–Kier alpha value is -0.890. The molecular weight excluding hydrogens is 249 g/mol. The summed E-state index contributed by atoms with van der Waals surface area (Å²) in [7, 11) is 0. The van der Waals surface area contributed by atoms with Crippen LogP contribution in [0.2, 0.25) is 0 Å². The van der Waals surface area contributed by atoms with Crippen LogP contribution in [0.3, 0.4) is 0 Å². The largest absolute Gasteiger partial charge is 0.310 e. The summed E-state index contributed by atoms with van der Waals surface area (Å²) in [5, 5.41) is 3.73. The summed E-state index contributed by atoms with van der Waals surface area (Å²) in [4.78, 5) is 0. The molecular formula is C18H26FN. The first kappa shape index (κ1) is 14.1. The first-order valence-corrected chi connectivity index (χ1v) is 8.21. The minimum Gasteiger partial charge on any atom is -0.310 e. The number of halogens is 1. The number of fused-ring (bicyclic) bond motifs is 1. The first-order valence-electron chi connectivity index (χ1n) is 8.21. The molecule has 2 fully saturated rings. The van der Waals surface area contributed by atoms with Crippen molar-refractivity contribution in [3.05, 3.63) is 35.1 Å². The normalized spacial score (nSPS) is 29.9. The van der Waals surface area contributed by atoms with Crippen LogP contribution in [0.5, 0.6) is 0 Å². The number of aryl methyl sites for hydroxylation is 1. The van der Waals surface area contributed by atoms with Crippen LogP contribution in [0.25, 0.3) is 0 Å². The Balaban J connectivity index is 1.80. The van der Waals surface area contributed by atoms with Gasteiger partial charge >= 0.3 is 0 Å². The fourth-order valence-corrected chi connectivity index (χ4v) is 4.18. The summed E-state index contributed by atoms with van der Waals surface area (Å²) in [6.45, 7) is 5.13. The summed E-state index contributed by atoms with van der Waals surface area (Å²) >= 11 is 0. The molecule has 0 radical (unpaired) electrons. The average Bonchev–Trinajstić information content (AvgIpc) is 3.17. The summed E-state index contributed by atoms with van der Waals surface area (Å²) in [5.74, 6) is 2.54. The van der Waals surface area contributed by atoms with Gasteiger partial charge in [0.1, 0.15) is 5.82 Å². The third-order valence-electron chi connectivity index (χ3n) is 5.26. The number of nitrogens with one attached hydrogen (secondary N) is 1. The lowest BCUT2D eigenvalue weighted by atomic mass is 9.97. The van der Waals surface area contributed by atoms with Gasteiger partial charge in [-0.2, -0.15) is 0 Å². The number of rotatable bonds is 5. The molecule has 0 heterocycles. The van der Waals surface area contributed by atoms with Gasteiger partial charge in [0.15, 0.2) is 0 Å². The highest BCUT2D eigenvalue weighted by Crippen LogP contribution is 2.60. The fraction of sp³-hybridized carbons (Fsp3) is 0.667. The Morgan fingerprint density at radius 1 is 1.25 bits per heavy atom. The molecule has 1 nitrogen and oxygen atoms in total. The molecule has 110 valence electrons. The maximum Gasteiger partial charge on any atom is 0.126 e. The van der Waals surface area contributed by atoms with Gasteiger partial charge in [-0.05, 0) is 67.7 Å². The van der Waals surface area contributed by atoms with Gasteiger partial charge in [-0.1, -0.05) is 31.9 Å². The highest BCUT2D eigenvalue weighted by molar-refractivity contribution is 5.29. The predicted molar refractivity (Wildman–Crippen MR) is 81.1 cm³/mol. The van der Waals surface area contributed by atoms with Crippen molar-refractivity contribution < 1.29 is 4.39 Å². The van der Waals surface area contributed by atoms with Crippen LogP contribution in [0.15, 0.2) is 18.2 Å². The molecule has 0 amide bonds. The molecule has 0 aromatic heterocycles. The molecule has 3 rings (SSSR count). The SMILES string of the molecule is CCCNC(c1ccc(F)c(C)c1)C1C2CCCCC21. The van der Waals surface area contributed by atoms with Crippen molar-refractivity contribution in [2.24, 2.45) is 17.8 Å². The first-order chi connectivity index (χ1) is 9.72. The summed E-state index contributed by atoms with van der Waals surface area (Å²) < 4.78 is 13.5. The van der Waals surface area contributed by atoms with E-state index in [4.69, 9.17) is 0 Å². The van der Waals surface area contributed by atoms with Crippen molar-refractivity contribution in [3.8, 4) is 0 Å². The van der Waals surface area contributed by atoms with Crippen LogP contribution in [0, 0.1) is 30.5 Å². The van der Waals surface area contributed by atoms with Crippen molar-refractivity contribution in [1.29, 1.82) is 0 Å². The lowest BCUT2D eigenvalue weighted by Crippen LogP contribution is -2.25. The zero-order chi connectivity index (χ0) is 14.1. The van der Waals surface area contributed by atoms with Crippen molar-refractivity contribution >= 4 is 0 Å². The lowest BCUT2D eigenvalue weighted by Gasteiger charge is -2.20. The van der Waals surface area contributed by atoms with E-state index in [1.54, 1.807) is 6.07 Å². The molecule has 20 heavy (non-hydrogen) atoms. The molecule has 2 saturated carbocycles. The molecule has 0 aliphatic heterocycles. The molecule has 0 spiro atoms. The van der Waals surface area contributed by atoms with E-state index >= 15 is 0 Å². The lowest BCUT2D eigenvalue weighted by molar-refractivity contribution is 0.444. The smallest absolute Gasteiger partial charge is 0.126 e. The van der Waals surface area contributed by atoms with Gasteiger partial charge in [-0.15, -0.1) is 0 Å². The minimum atomic E-state index is -0.0868. The third-order valence-corrected chi connectivity index (χ3v) is 5.26. The molecule has 0 bridgehead atoms. The van der Waals surface area contributed by atoms with Gasteiger partial charge < -0.3 is 5.32 Å². The zero-order valence-electron chi connectivity index (χ0n) is 12.7. The highest BCUT2D eigenvalue weighted by atomic mass is 19.1. The Kier molecular flexibility index (Phi) is 4.11. The van der Waals surface area contributed by atoms with E-state index in [1.807, 2.05) is 19.1 Å². The summed E-state index contributed by atoms with van der Waals surface area (Å²) in [6, 6.07) is 6.10. The van der Waals surface area contributed by atoms with E-state index < -0.39 is 0 Å². The molecule has 1 N–H and O–H groups in total. The summed E-state index contributed by atoms with van der Waals surface area (Å²) in [6.07, 6.45) is 6.76. The van der Waals surface area contributed by atoms with Gasteiger partial charge in [-0.3, -0.25) is 0 Å². The highest BCUT2D eigenvalue weighted by Gasteiger charge is 2.54. The number of hydrogen-bond acceptors (Lipinski definition) is 1. The monoisotopic (exact) mass is 275 g/mol. The Labute approximate surface area is 122 Å². The second-order valence-electron chi connectivity index (χ2n) is 6.63. The second kappa shape index (κ2) is 5.85. The van der Waals surface area contributed by atoms with Crippen LogP contribution in [-0.4, -0.2) is 6.54 Å².